The van der Waals surface area contributed by atoms with Crippen LogP contribution in [0.2, 0.25) is 0 Å². The molecule has 0 atom stereocenters. The van der Waals surface area contributed by atoms with Gasteiger partial charge in [-0.05, 0) is 47.9 Å². The van der Waals surface area contributed by atoms with Crippen LogP contribution < -0.4 is 15.1 Å². The van der Waals surface area contributed by atoms with Gasteiger partial charge in [-0.15, -0.1) is 0 Å². The minimum atomic E-state index is -0.365. The highest BCUT2D eigenvalue weighted by molar-refractivity contribution is 5.87. The van der Waals surface area contributed by atoms with Gasteiger partial charge in [0.05, 0.1) is 12.7 Å². The Balaban J connectivity index is 1.68. The maximum atomic E-state index is 12.7. The highest BCUT2D eigenvalue weighted by atomic mass is 16.5. The van der Waals surface area contributed by atoms with Gasteiger partial charge in [0.2, 0.25) is 0 Å². The summed E-state index contributed by atoms with van der Waals surface area (Å²) in [5.41, 5.74) is 3.48. The van der Waals surface area contributed by atoms with Gasteiger partial charge in [0.1, 0.15) is 23.7 Å². The predicted molar refractivity (Wildman–Crippen MR) is 110 cm³/mol. The first-order chi connectivity index (χ1) is 13.7. The largest absolute Gasteiger partial charge is 0.497 e. The third-order valence-electron chi connectivity index (χ3n) is 4.77. The number of fused-ring (bicyclic) bond motifs is 1. The summed E-state index contributed by atoms with van der Waals surface area (Å²) in [6.07, 6.45) is 0. The van der Waals surface area contributed by atoms with E-state index < -0.39 is 0 Å². The Morgan fingerprint density at radius 2 is 1.61 bits per heavy atom. The van der Waals surface area contributed by atoms with E-state index in [0.717, 1.165) is 27.8 Å². The smallest absolute Gasteiger partial charge is 0.344 e. The highest BCUT2D eigenvalue weighted by Crippen LogP contribution is 2.30. The number of rotatable bonds is 5. The first-order valence-corrected chi connectivity index (χ1v) is 9.04. The van der Waals surface area contributed by atoms with E-state index in [1.54, 1.807) is 13.2 Å². The molecule has 4 nitrogen and oxygen atoms in total. The van der Waals surface area contributed by atoms with E-state index in [0.29, 0.717) is 23.5 Å². The number of benzene rings is 3. The molecule has 0 fully saturated rings. The van der Waals surface area contributed by atoms with Crippen LogP contribution in [0.1, 0.15) is 11.1 Å². The van der Waals surface area contributed by atoms with Crippen molar-refractivity contribution in [2.45, 2.75) is 13.5 Å². The Bertz CT molecular complexity index is 1160. The lowest BCUT2D eigenvalue weighted by atomic mass is 9.99. The molecule has 140 valence electrons. The van der Waals surface area contributed by atoms with Crippen molar-refractivity contribution < 1.29 is 13.9 Å². The summed E-state index contributed by atoms with van der Waals surface area (Å²) in [5, 5.41) is 0.887. The molecular weight excluding hydrogens is 352 g/mol. The van der Waals surface area contributed by atoms with Crippen molar-refractivity contribution in [3.8, 4) is 22.6 Å². The Hall–Kier alpha value is -3.53. The molecule has 0 amide bonds. The summed E-state index contributed by atoms with van der Waals surface area (Å²) in [6.45, 7) is 2.39. The lowest BCUT2D eigenvalue weighted by molar-refractivity contribution is 0.306. The molecule has 1 heterocycles. The van der Waals surface area contributed by atoms with E-state index in [9.17, 15) is 4.79 Å². The van der Waals surface area contributed by atoms with E-state index >= 15 is 0 Å². The minimum Gasteiger partial charge on any atom is -0.497 e. The number of aryl methyl sites for hydroxylation is 1. The zero-order chi connectivity index (χ0) is 19.5. The first-order valence-electron chi connectivity index (χ1n) is 9.04. The average Bonchev–Trinajstić information content (AvgIpc) is 2.73. The second-order valence-electron chi connectivity index (χ2n) is 6.55. The molecule has 1 aromatic heterocycles. The molecule has 0 radical (unpaired) electrons. The normalized spacial score (nSPS) is 10.8. The molecule has 4 rings (SSSR count). The quantitative estimate of drug-likeness (QED) is 0.443. The van der Waals surface area contributed by atoms with E-state index in [1.807, 2.05) is 73.7 Å². The second-order valence-corrected chi connectivity index (χ2v) is 6.55. The molecule has 0 saturated heterocycles. The van der Waals surface area contributed by atoms with E-state index in [4.69, 9.17) is 13.9 Å². The van der Waals surface area contributed by atoms with Crippen LogP contribution in [0.4, 0.5) is 0 Å². The summed E-state index contributed by atoms with van der Waals surface area (Å²) in [4.78, 5) is 12.7. The van der Waals surface area contributed by atoms with E-state index in [1.165, 1.54) is 0 Å². The van der Waals surface area contributed by atoms with Gasteiger partial charge in [-0.2, -0.15) is 0 Å². The molecule has 0 spiro atoms. The zero-order valence-electron chi connectivity index (χ0n) is 15.8. The second kappa shape index (κ2) is 7.61. The summed E-state index contributed by atoms with van der Waals surface area (Å²) in [6, 6.07) is 22.9. The summed E-state index contributed by atoms with van der Waals surface area (Å²) >= 11 is 0. The maximum Gasteiger partial charge on any atom is 0.344 e. The van der Waals surface area contributed by atoms with Crippen molar-refractivity contribution in [1.29, 1.82) is 0 Å². The Morgan fingerprint density at radius 1 is 0.893 bits per heavy atom. The Labute approximate surface area is 163 Å². The van der Waals surface area contributed by atoms with Gasteiger partial charge < -0.3 is 13.9 Å². The monoisotopic (exact) mass is 372 g/mol. The molecule has 0 unspecified atom stereocenters. The van der Waals surface area contributed by atoms with Gasteiger partial charge in [0, 0.05) is 11.5 Å². The fraction of sp³-hybridized carbons (Fsp3) is 0.125. The molecular formula is C24H20O4. The molecule has 0 saturated carbocycles. The van der Waals surface area contributed by atoms with Crippen molar-refractivity contribution in [1.82, 2.24) is 0 Å². The minimum absolute atomic E-state index is 0.365. The van der Waals surface area contributed by atoms with Crippen LogP contribution in [0.25, 0.3) is 22.1 Å². The number of hydrogen-bond acceptors (Lipinski definition) is 4. The molecule has 4 aromatic rings. The van der Waals surface area contributed by atoms with Gasteiger partial charge in [0.25, 0.3) is 0 Å². The molecule has 0 N–H and O–H groups in total. The molecule has 0 aliphatic carbocycles. The fourth-order valence-corrected chi connectivity index (χ4v) is 3.26. The molecule has 0 aliphatic heterocycles. The zero-order valence-corrected chi connectivity index (χ0v) is 15.8. The molecule has 28 heavy (non-hydrogen) atoms. The number of methoxy groups -OCH3 is 1. The predicted octanol–water partition coefficient (Wildman–Crippen LogP) is 5.36. The molecule has 0 bridgehead atoms. The third kappa shape index (κ3) is 3.49. The lowest BCUT2D eigenvalue weighted by Gasteiger charge is -2.11. The van der Waals surface area contributed by atoms with Crippen LogP contribution in [0.15, 0.2) is 82.0 Å². The van der Waals surface area contributed by atoms with Crippen molar-refractivity contribution >= 4 is 11.0 Å². The van der Waals surface area contributed by atoms with Crippen molar-refractivity contribution in [2.75, 3.05) is 7.11 Å². The van der Waals surface area contributed by atoms with Crippen LogP contribution in [0.5, 0.6) is 11.5 Å². The standard InChI is InChI=1S/C24H20O4/c1-16-21-13-12-20(27-15-17-6-4-3-5-7-17)14-22(21)28-24(25)23(16)18-8-10-19(26-2)11-9-18/h3-14H,15H2,1-2H3. The Kier molecular flexibility index (Phi) is 4.85. The number of ether oxygens (including phenoxy) is 2. The van der Waals surface area contributed by atoms with Crippen molar-refractivity contribution in [2.24, 2.45) is 0 Å². The SMILES string of the molecule is COc1ccc(-c2c(C)c3ccc(OCc4ccccc4)cc3oc2=O)cc1. The van der Waals surface area contributed by atoms with Gasteiger partial charge in [-0.3, -0.25) is 0 Å². The van der Waals surface area contributed by atoms with Gasteiger partial charge in [0.15, 0.2) is 0 Å². The highest BCUT2D eigenvalue weighted by Gasteiger charge is 2.14. The van der Waals surface area contributed by atoms with Crippen LogP contribution in [0, 0.1) is 6.92 Å². The van der Waals surface area contributed by atoms with Crippen LogP contribution in [0.3, 0.4) is 0 Å². The maximum absolute atomic E-state index is 12.7. The van der Waals surface area contributed by atoms with E-state index in [-0.39, 0.29) is 5.63 Å². The number of hydrogen-bond donors (Lipinski definition) is 0. The summed E-state index contributed by atoms with van der Waals surface area (Å²) in [7, 11) is 1.61. The van der Waals surface area contributed by atoms with Crippen molar-refractivity contribution in [3.05, 3.63) is 94.3 Å². The van der Waals surface area contributed by atoms with Crippen LogP contribution in [-0.4, -0.2) is 7.11 Å². The molecule has 0 aliphatic rings. The lowest BCUT2D eigenvalue weighted by Crippen LogP contribution is -2.06. The van der Waals surface area contributed by atoms with Crippen LogP contribution >= 0.6 is 0 Å². The van der Waals surface area contributed by atoms with Crippen molar-refractivity contribution in [3.63, 3.8) is 0 Å². The molecule has 4 heteroatoms. The first kappa shape index (κ1) is 17.9. The van der Waals surface area contributed by atoms with Gasteiger partial charge in [-0.25, -0.2) is 4.79 Å². The summed E-state index contributed by atoms with van der Waals surface area (Å²) < 4.78 is 16.6. The molecule has 3 aromatic carbocycles. The average molecular weight is 372 g/mol. The van der Waals surface area contributed by atoms with Gasteiger partial charge >= 0.3 is 5.63 Å². The Morgan fingerprint density at radius 3 is 2.32 bits per heavy atom. The van der Waals surface area contributed by atoms with Gasteiger partial charge in [-0.1, -0.05) is 42.5 Å². The van der Waals surface area contributed by atoms with Crippen LogP contribution in [-0.2, 0) is 6.61 Å². The topological polar surface area (TPSA) is 48.7 Å². The fourth-order valence-electron chi connectivity index (χ4n) is 3.26. The van der Waals surface area contributed by atoms with E-state index in [2.05, 4.69) is 0 Å². The summed E-state index contributed by atoms with van der Waals surface area (Å²) in [5.74, 6) is 1.41. The third-order valence-corrected chi connectivity index (χ3v) is 4.77.